The number of phenolic OH excluding ortho intramolecular Hbond substituents is 2. The summed E-state index contributed by atoms with van der Waals surface area (Å²) in [4.78, 5) is 27.0. The second kappa shape index (κ2) is 21.2. The molecule has 0 aromatic heterocycles. The summed E-state index contributed by atoms with van der Waals surface area (Å²) in [5, 5.41) is 40.2. The zero-order valence-electron chi connectivity index (χ0n) is 29.2. The predicted molar refractivity (Wildman–Crippen MR) is 204 cm³/mol. The van der Waals surface area contributed by atoms with E-state index >= 15 is 0 Å². The Balaban J connectivity index is 0.000000765. The van der Waals surface area contributed by atoms with Gasteiger partial charge in [-0.05, 0) is 71.5 Å². The molecule has 0 fully saturated rings. The number of aliphatic imine (C=N–C) groups is 2. The average molecular weight is 750 g/mol. The summed E-state index contributed by atoms with van der Waals surface area (Å²) in [5.41, 5.74) is 8.83. The van der Waals surface area contributed by atoms with Gasteiger partial charge in [-0.1, -0.05) is 121 Å². The Hall–Kier alpha value is -6.29. The quantitative estimate of drug-likeness (QED) is 0.123. The molecule has 53 heavy (non-hydrogen) atoms. The van der Waals surface area contributed by atoms with Crippen molar-refractivity contribution in [2.24, 2.45) is 9.98 Å². The number of aromatic hydroxyl groups is 2. The molecule has 0 spiro atoms. The van der Waals surface area contributed by atoms with Crippen LogP contribution in [0.15, 0.2) is 156 Å². The first-order chi connectivity index (χ1) is 25.1. The molecule has 0 aliphatic heterocycles. The van der Waals surface area contributed by atoms with Crippen molar-refractivity contribution >= 4 is 24.4 Å². The zero-order valence-corrected chi connectivity index (χ0v) is 30.2. The van der Waals surface area contributed by atoms with Gasteiger partial charge in [0.15, 0.2) is 0 Å². The van der Waals surface area contributed by atoms with Crippen LogP contribution in [0.4, 0.5) is 0 Å². The topological polar surface area (TPSA) is 145 Å². The van der Waals surface area contributed by atoms with E-state index in [9.17, 15) is 10.2 Å². The predicted octanol–water partition coefficient (Wildman–Crippen LogP) is 6.81. The van der Waals surface area contributed by atoms with Crippen molar-refractivity contribution in [2.75, 3.05) is 13.1 Å². The second-order valence-corrected chi connectivity index (χ2v) is 11.4. The van der Waals surface area contributed by atoms with Gasteiger partial charge in [0.05, 0.1) is 13.1 Å². The van der Waals surface area contributed by atoms with Crippen LogP contribution in [-0.2, 0) is 26.4 Å². The maximum atomic E-state index is 11.2. The minimum absolute atomic E-state index is 0. The molecule has 0 unspecified atom stereocenters. The molecule has 0 saturated heterocycles. The van der Waals surface area contributed by atoms with E-state index in [1.54, 1.807) is 12.4 Å². The third kappa shape index (κ3) is 12.8. The minimum Gasteiger partial charge on any atom is -0.550 e. The number of benzene rings is 6. The molecule has 1 radical (unpaired) electrons. The zero-order chi connectivity index (χ0) is 37.3. The van der Waals surface area contributed by atoms with E-state index in [0.29, 0.717) is 24.2 Å². The third-order valence-corrected chi connectivity index (χ3v) is 7.48. The molecule has 0 atom stereocenters. The molecule has 6 aromatic carbocycles. The van der Waals surface area contributed by atoms with Gasteiger partial charge in [0.2, 0.25) is 0 Å². The molecule has 6 aromatic rings. The van der Waals surface area contributed by atoms with Gasteiger partial charge in [-0.2, -0.15) is 0 Å². The van der Waals surface area contributed by atoms with Gasteiger partial charge in [0.25, 0.3) is 0 Å². The molecule has 0 heterocycles. The fraction of sp³-hybridized carbons (Fsp3) is 0.0909. The van der Waals surface area contributed by atoms with Crippen LogP contribution >= 0.6 is 0 Å². The third-order valence-electron chi connectivity index (χ3n) is 7.48. The van der Waals surface area contributed by atoms with Crippen molar-refractivity contribution in [1.82, 2.24) is 0 Å². The number of rotatable bonds is 9. The van der Waals surface area contributed by atoms with Gasteiger partial charge in [-0.15, -0.1) is 0 Å². The molecule has 6 rings (SSSR count). The van der Waals surface area contributed by atoms with Crippen molar-refractivity contribution in [2.45, 2.75) is 13.8 Å². The van der Waals surface area contributed by atoms with Crippen molar-refractivity contribution in [3.8, 4) is 56.0 Å². The number of carbonyl (C=O) groups is 2. The normalized spacial score (nSPS) is 10.4. The molecule has 0 aliphatic rings. The van der Waals surface area contributed by atoms with Crippen LogP contribution < -0.4 is 10.2 Å². The average Bonchev–Trinajstić information content (AvgIpc) is 3.15. The van der Waals surface area contributed by atoms with Gasteiger partial charge < -0.3 is 30.0 Å². The van der Waals surface area contributed by atoms with Gasteiger partial charge in [-0.3, -0.25) is 9.98 Å². The first kappa shape index (κ1) is 41.1. The van der Waals surface area contributed by atoms with E-state index in [2.05, 4.69) is 34.3 Å². The Labute approximate surface area is 319 Å². The summed E-state index contributed by atoms with van der Waals surface area (Å²) in [6.45, 7) is 2.80. The van der Waals surface area contributed by atoms with Gasteiger partial charge >= 0.3 is 16.8 Å². The van der Waals surface area contributed by atoms with Crippen molar-refractivity contribution < 1.29 is 46.8 Å². The van der Waals surface area contributed by atoms with Gasteiger partial charge in [0, 0.05) is 46.6 Å². The largest absolute Gasteiger partial charge is 2.00 e. The van der Waals surface area contributed by atoms with Crippen molar-refractivity contribution in [3.05, 3.63) is 157 Å². The number of hydrogen-bond donors (Lipinski definition) is 2. The molecule has 9 heteroatoms. The number of hydrogen-bond acceptors (Lipinski definition) is 8. The summed E-state index contributed by atoms with van der Waals surface area (Å²) in [7, 11) is 0. The summed E-state index contributed by atoms with van der Waals surface area (Å²) in [6, 6.07) is 47.9. The molecular weight excluding hydrogens is 711 g/mol. The molecule has 269 valence electrons. The minimum atomic E-state index is -1.08. The molecular formula is C44H38CoN2O6. The number of carbonyl (C=O) groups excluding carboxylic acids is 2. The Morgan fingerprint density at radius 2 is 0.755 bits per heavy atom. The molecule has 0 bridgehead atoms. The van der Waals surface area contributed by atoms with Crippen molar-refractivity contribution in [3.63, 3.8) is 0 Å². The van der Waals surface area contributed by atoms with Crippen LogP contribution in [0.3, 0.4) is 0 Å². The van der Waals surface area contributed by atoms with Crippen LogP contribution in [0, 0.1) is 0 Å². The molecule has 0 saturated carbocycles. The standard InChI is InChI=1S/C40H32N2O2.2C2H4O2.Co/c43-39-35(23-33(29-13-5-1-6-14-29)25-37(39)31-17-9-3-10-18-31)27-41-21-22-42-28-36-24-34(30-15-7-2-8-16-30)26-38(40(36)44)32-19-11-4-12-20-32;2*1-2(3)4;/h1-20,23-28,43-44H,21-22H2;2*1H3,(H,3,4);/q;;;+2/p-2. The fourth-order valence-corrected chi connectivity index (χ4v) is 5.22. The molecule has 0 amide bonds. The monoisotopic (exact) mass is 749 g/mol. The Morgan fingerprint density at radius 3 is 1.04 bits per heavy atom. The number of nitrogens with zero attached hydrogens (tertiary/aromatic N) is 2. The Kier molecular flexibility index (Phi) is 16.4. The van der Waals surface area contributed by atoms with E-state index in [-0.39, 0.29) is 28.3 Å². The van der Waals surface area contributed by atoms with Gasteiger partial charge in [0.1, 0.15) is 11.5 Å². The van der Waals surface area contributed by atoms with E-state index in [0.717, 1.165) is 58.4 Å². The summed E-state index contributed by atoms with van der Waals surface area (Å²) < 4.78 is 0. The molecule has 0 aliphatic carbocycles. The van der Waals surface area contributed by atoms with Crippen LogP contribution in [-0.4, -0.2) is 47.7 Å². The van der Waals surface area contributed by atoms with Gasteiger partial charge in [-0.25, -0.2) is 0 Å². The van der Waals surface area contributed by atoms with Crippen LogP contribution in [0.25, 0.3) is 44.5 Å². The number of carboxylic acids is 2. The van der Waals surface area contributed by atoms with Crippen LogP contribution in [0.2, 0.25) is 0 Å². The van der Waals surface area contributed by atoms with E-state index in [1.807, 2.05) is 121 Å². The first-order valence-electron chi connectivity index (χ1n) is 16.4. The molecule has 2 N–H and O–H groups in total. The van der Waals surface area contributed by atoms with Crippen LogP contribution in [0.1, 0.15) is 25.0 Å². The summed E-state index contributed by atoms with van der Waals surface area (Å²) in [6.07, 6.45) is 3.43. The van der Waals surface area contributed by atoms with E-state index in [1.165, 1.54) is 0 Å². The second-order valence-electron chi connectivity index (χ2n) is 11.4. The van der Waals surface area contributed by atoms with Crippen LogP contribution in [0.5, 0.6) is 11.5 Å². The smallest absolute Gasteiger partial charge is 0.550 e. The number of aliphatic carboxylic acids is 2. The maximum Gasteiger partial charge on any atom is 2.00 e. The summed E-state index contributed by atoms with van der Waals surface area (Å²) in [5.74, 6) is -1.78. The molecule has 8 nitrogen and oxygen atoms in total. The SMILES string of the molecule is CC(=O)[O-].CC(=O)[O-].Oc1c(C=NCCN=Cc2cc(-c3ccccc3)cc(-c3ccccc3)c2O)cc(-c2ccccc2)cc1-c1ccccc1.[Co+2]. The maximum absolute atomic E-state index is 11.2. The number of carboxylic acid groups (broad SMARTS) is 2. The summed E-state index contributed by atoms with van der Waals surface area (Å²) >= 11 is 0. The Morgan fingerprint density at radius 1 is 0.491 bits per heavy atom. The van der Waals surface area contributed by atoms with E-state index < -0.39 is 11.9 Å². The first-order valence-corrected chi connectivity index (χ1v) is 16.4. The van der Waals surface area contributed by atoms with Crippen molar-refractivity contribution in [1.29, 1.82) is 0 Å². The number of phenols is 2. The Bertz CT molecular complexity index is 1960. The fourth-order valence-electron chi connectivity index (χ4n) is 5.22. The van der Waals surface area contributed by atoms with E-state index in [4.69, 9.17) is 19.8 Å².